The number of thiazole rings is 1. The molecule has 0 saturated carbocycles. The molecule has 5 nitrogen and oxygen atoms in total. The zero-order valence-electron chi connectivity index (χ0n) is 8.14. The fourth-order valence-electron chi connectivity index (χ4n) is 1.27. The van der Waals surface area contributed by atoms with E-state index in [1.165, 1.54) is 11.3 Å². The molecular formula is C9H11NO4S. The third kappa shape index (κ3) is 3.67. The summed E-state index contributed by atoms with van der Waals surface area (Å²) in [5, 5.41) is 19.8. The van der Waals surface area contributed by atoms with E-state index in [2.05, 4.69) is 4.98 Å². The Labute approximate surface area is 90.4 Å². The lowest BCUT2D eigenvalue weighted by Gasteiger charge is -2.08. The van der Waals surface area contributed by atoms with Crippen molar-refractivity contribution >= 4 is 23.3 Å². The first-order valence-electron chi connectivity index (χ1n) is 4.34. The maximum Gasteiger partial charge on any atom is 0.304 e. The predicted octanol–water partition coefficient (Wildman–Crippen LogP) is 1.48. The second kappa shape index (κ2) is 4.88. The number of hydrogen-bond acceptors (Lipinski definition) is 4. The first-order valence-corrected chi connectivity index (χ1v) is 5.22. The van der Waals surface area contributed by atoms with Gasteiger partial charge in [-0.25, -0.2) is 4.98 Å². The lowest BCUT2D eigenvalue weighted by atomic mass is 9.98. The van der Waals surface area contributed by atoms with E-state index in [1.807, 2.05) is 0 Å². The van der Waals surface area contributed by atoms with Crippen LogP contribution in [0.25, 0.3) is 0 Å². The number of hydrogen-bond donors (Lipinski definition) is 2. The summed E-state index contributed by atoms with van der Waals surface area (Å²) in [5.41, 5.74) is 0.558. The monoisotopic (exact) mass is 229 g/mol. The third-order valence-electron chi connectivity index (χ3n) is 1.90. The molecule has 1 rings (SSSR count). The van der Waals surface area contributed by atoms with Gasteiger partial charge in [-0.3, -0.25) is 9.59 Å². The molecular weight excluding hydrogens is 218 g/mol. The first kappa shape index (κ1) is 11.6. The summed E-state index contributed by atoms with van der Waals surface area (Å²) < 4.78 is 0. The Kier molecular flexibility index (Phi) is 3.79. The molecule has 0 amide bonds. The van der Waals surface area contributed by atoms with Gasteiger partial charge in [0.25, 0.3) is 0 Å². The first-order chi connectivity index (χ1) is 6.99. The topological polar surface area (TPSA) is 87.5 Å². The van der Waals surface area contributed by atoms with Gasteiger partial charge in [0.1, 0.15) is 0 Å². The molecule has 0 saturated heterocycles. The quantitative estimate of drug-likeness (QED) is 0.798. The van der Waals surface area contributed by atoms with Crippen molar-refractivity contribution in [3.8, 4) is 0 Å². The highest BCUT2D eigenvalue weighted by molar-refractivity contribution is 7.09. The zero-order valence-corrected chi connectivity index (χ0v) is 8.95. The van der Waals surface area contributed by atoms with E-state index in [1.54, 1.807) is 12.3 Å². The van der Waals surface area contributed by atoms with Gasteiger partial charge in [0.05, 0.1) is 23.5 Å². The molecule has 0 aliphatic heterocycles. The molecule has 6 heteroatoms. The maximum atomic E-state index is 10.6. The summed E-state index contributed by atoms with van der Waals surface area (Å²) in [4.78, 5) is 25.2. The van der Waals surface area contributed by atoms with Gasteiger partial charge >= 0.3 is 11.9 Å². The van der Waals surface area contributed by atoms with E-state index in [4.69, 9.17) is 10.2 Å². The molecule has 2 N–H and O–H groups in total. The van der Waals surface area contributed by atoms with Gasteiger partial charge in [0.2, 0.25) is 0 Å². The van der Waals surface area contributed by atoms with E-state index >= 15 is 0 Å². The molecule has 1 aromatic heterocycles. The molecule has 1 heterocycles. The maximum absolute atomic E-state index is 10.6. The van der Waals surface area contributed by atoms with Crippen molar-refractivity contribution in [3.05, 3.63) is 16.1 Å². The summed E-state index contributed by atoms with van der Waals surface area (Å²) in [6.07, 6.45) is -0.398. The van der Waals surface area contributed by atoms with Crippen molar-refractivity contribution in [2.24, 2.45) is 0 Å². The molecule has 0 aliphatic carbocycles. The van der Waals surface area contributed by atoms with Crippen LogP contribution >= 0.6 is 11.3 Å². The number of aromatic nitrogens is 1. The SMILES string of the molecule is Cc1nc(C(CC(=O)O)CC(=O)O)cs1. The van der Waals surface area contributed by atoms with Crippen LogP contribution in [-0.2, 0) is 9.59 Å². The minimum atomic E-state index is -1.01. The van der Waals surface area contributed by atoms with Crippen LogP contribution in [0.15, 0.2) is 5.38 Å². The van der Waals surface area contributed by atoms with Gasteiger partial charge < -0.3 is 10.2 Å². The van der Waals surface area contributed by atoms with Crippen molar-refractivity contribution in [3.63, 3.8) is 0 Å². The van der Waals surface area contributed by atoms with Gasteiger partial charge in [0, 0.05) is 11.3 Å². The Hall–Kier alpha value is -1.43. The van der Waals surface area contributed by atoms with Crippen LogP contribution < -0.4 is 0 Å². The molecule has 0 spiro atoms. The van der Waals surface area contributed by atoms with Crippen molar-refractivity contribution in [2.45, 2.75) is 25.7 Å². The number of rotatable bonds is 5. The Bertz CT molecular complexity index is 358. The summed E-state index contributed by atoms with van der Waals surface area (Å²) in [6, 6.07) is 0. The van der Waals surface area contributed by atoms with Crippen LogP contribution in [0.1, 0.15) is 29.5 Å². The van der Waals surface area contributed by atoms with Gasteiger partial charge in [-0.05, 0) is 6.92 Å². The molecule has 82 valence electrons. The lowest BCUT2D eigenvalue weighted by molar-refractivity contribution is -0.139. The number of aryl methyl sites for hydroxylation is 1. The van der Waals surface area contributed by atoms with Crippen molar-refractivity contribution < 1.29 is 19.8 Å². The molecule has 0 atom stereocenters. The van der Waals surface area contributed by atoms with Crippen LogP contribution in [0.2, 0.25) is 0 Å². The Morgan fingerprint density at radius 2 is 1.93 bits per heavy atom. The molecule has 0 bridgehead atoms. The van der Waals surface area contributed by atoms with E-state index in [0.29, 0.717) is 5.69 Å². The highest BCUT2D eigenvalue weighted by atomic mass is 32.1. The van der Waals surface area contributed by atoms with Crippen LogP contribution in [-0.4, -0.2) is 27.1 Å². The summed E-state index contributed by atoms with van der Waals surface area (Å²) in [6.45, 7) is 1.80. The van der Waals surface area contributed by atoms with Crippen molar-refractivity contribution in [1.29, 1.82) is 0 Å². The van der Waals surface area contributed by atoms with E-state index in [9.17, 15) is 9.59 Å². The van der Waals surface area contributed by atoms with Crippen LogP contribution in [0.3, 0.4) is 0 Å². The van der Waals surface area contributed by atoms with Gasteiger partial charge in [-0.15, -0.1) is 11.3 Å². The minimum Gasteiger partial charge on any atom is -0.481 e. The smallest absolute Gasteiger partial charge is 0.304 e. The number of carboxylic acid groups (broad SMARTS) is 2. The van der Waals surface area contributed by atoms with Crippen LogP contribution in [0.4, 0.5) is 0 Å². The average molecular weight is 229 g/mol. The third-order valence-corrected chi connectivity index (χ3v) is 2.69. The molecule has 0 aliphatic rings. The van der Waals surface area contributed by atoms with Gasteiger partial charge in [-0.2, -0.15) is 0 Å². The molecule has 0 unspecified atom stereocenters. The predicted molar refractivity (Wildman–Crippen MR) is 54.1 cm³/mol. The molecule has 0 aromatic carbocycles. The number of carbonyl (C=O) groups is 2. The van der Waals surface area contributed by atoms with E-state index in [0.717, 1.165) is 5.01 Å². The Balaban J connectivity index is 2.80. The summed E-state index contributed by atoms with van der Waals surface area (Å²) >= 11 is 1.39. The molecule has 0 fully saturated rings. The van der Waals surface area contributed by atoms with Gasteiger partial charge in [-0.1, -0.05) is 0 Å². The second-order valence-electron chi connectivity index (χ2n) is 3.18. The fraction of sp³-hybridized carbons (Fsp3) is 0.444. The summed E-state index contributed by atoms with van der Waals surface area (Å²) in [5.74, 6) is -2.55. The van der Waals surface area contributed by atoms with Crippen LogP contribution in [0.5, 0.6) is 0 Å². The number of carboxylic acids is 2. The van der Waals surface area contributed by atoms with Gasteiger partial charge in [0.15, 0.2) is 0 Å². The highest BCUT2D eigenvalue weighted by Gasteiger charge is 2.21. The minimum absolute atomic E-state index is 0.199. The zero-order chi connectivity index (χ0) is 11.4. The van der Waals surface area contributed by atoms with Crippen molar-refractivity contribution in [2.75, 3.05) is 0 Å². The fourth-order valence-corrected chi connectivity index (χ4v) is 1.97. The highest BCUT2D eigenvalue weighted by Crippen LogP contribution is 2.24. The van der Waals surface area contributed by atoms with Crippen LogP contribution in [0, 0.1) is 6.92 Å². The molecule has 0 radical (unpaired) electrons. The van der Waals surface area contributed by atoms with Crippen molar-refractivity contribution in [1.82, 2.24) is 4.98 Å². The van der Waals surface area contributed by atoms with E-state index in [-0.39, 0.29) is 12.8 Å². The normalized spacial score (nSPS) is 10.5. The molecule has 15 heavy (non-hydrogen) atoms. The Morgan fingerprint density at radius 1 is 1.40 bits per heavy atom. The lowest BCUT2D eigenvalue weighted by Crippen LogP contribution is -2.11. The molecule has 1 aromatic rings. The van der Waals surface area contributed by atoms with E-state index < -0.39 is 17.9 Å². The number of aliphatic carboxylic acids is 2. The average Bonchev–Trinajstić information content (AvgIpc) is 2.48. The summed E-state index contributed by atoms with van der Waals surface area (Å²) in [7, 11) is 0. The Morgan fingerprint density at radius 3 is 2.27 bits per heavy atom. The number of nitrogens with zero attached hydrogens (tertiary/aromatic N) is 1. The second-order valence-corrected chi connectivity index (χ2v) is 4.25. The largest absolute Gasteiger partial charge is 0.481 e. The standard InChI is InChI=1S/C9H11NO4S/c1-5-10-7(4-15-5)6(2-8(11)12)3-9(13)14/h4,6H,2-3H2,1H3,(H,11,12)(H,13,14).